The Morgan fingerprint density at radius 1 is 1.35 bits per heavy atom. The number of ketones is 1. The summed E-state index contributed by atoms with van der Waals surface area (Å²) in [6.07, 6.45) is 0.935. The van der Waals surface area contributed by atoms with Crippen LogP contribution in [0.1, 0.15) is 22.3 Å². The summed E-state index contributed by atoms with van der Waals surface area (Å²) in [4.78, 5) is 27.4. The standard InChI is InChI=1S/C14H14N2O3S/c1-10(12(17)13-15-7-8-20-13)16-14(18)19-9-11-5-3-2-4-6-11/h2-8,10H,9H2,1H3,(H,16,18). The lowest BCUT2D eigenvalue weighted by Crippen LogP contribution is -2.38. The summed E-state index contributed by atoms with van der Waals surface area (Å²) in [6.45, 7) is 1.78. The molecule has 1 amide bonds. The van der Waals surface area contributed by atoms with Gasteiger partial charge < -0.3 is 10.1 Å². The topological polar surface area (TPSA) is 68.3 Å². The van der Waals surface area contributed by atoms with Gasteiger partial charge in [0, 0.05) is 11.6 Å². The minimum atomic E-state index is -0.663. The summed E-state index contributed by atoms with van der Waals surface area (Å²) < 4.78 is 5.05. The quantitative estimate of drug-likeness (QED) is 0.860. The molecule has 2 rings (SSSR count). The first-order chi connectivity index (χ1) is 9.66. The highest BCUT2D eigenvalue weighted by Crippen LogP contribution is 2.07. The molecule has 0 radical (unpaired) electrons. The number of hydrogen-bond acceptors (Lipinski definition) is 5. The molecule has 104 valence electrons. The normalized spacial score (nSPS) is 11.7. The fourth-order valence-electron chi connectivity index (χ4n) is 1.54. The van der Waals surface area contributed by atoms with E-state index in [0.717, 1.165) is 5.56 Å². The number of amides is 1. The van der Waals surface area contributed by atoms with Gasteiger partial charge in [0.15, 0.2) is 5.01 Å². The summed E-state index contributed by atoms with van der Waals surface area (Å²) in [5.41, 5.74) is 0.890. The third kappa shape index (κ3) is 3.89. The van der Waals surface area contributed by atoms with Gasteiger partial charge in [0.2, 0.25) is 5.78 Å². The van der Waals surface area contributed by atoms with Crippen LogP contribution in [0.2, 0.25) is 0 Å². The van der Waals surface area contributed by atoms with E-state index in [1.807, 2.05) is 30.3 Å². The second-order valence-electron chi connectivity index (χ2n) is 4.13. The molecule has 1 N–H and O–H groups in total. The summed E-state index contributed by atoms with van der Waals surface area (Å²) in [5.74, 6) is -0.225. The van der Waals surface area contributed by atoms with Crippen LogP contribution in [0.25, 0.3) is 0 Å². The number of thiazole rings is 1. The Hall–Kier alpha value is -2.21. The SMILES string of the molecule is CC(NC(=O)OCc1ccccc1)C(=O)c1nccs1. The number of aromatic nitrogens is 1. The molecule has 1 aromatic heterocycles. The van der Waals surface area contributed by atoms with Gasteiger partial charge in [0.25, 0.3) is 0 Å². The highest BCUT2D eigenvalue weighted by Gasteiger charge is 2.19. The first-order valence-corrected chi connectivity index (χ1v) is 6.95. The molecule has 1 atom stereocenters. The van der Waals surface area contributed by atoms with Crippen molar-refractivity contribution in [1.29, 1.82) is 0 Å². The zero-order valence-electron chi connectivity index (χ0n) is 10.9. The maximum atomic E-state index is 11.9. The van der Waals surface area contributed by atoms with E-state index in [1.165, 1.54) is 11.3 Å². The molecule has 0 aliphatic heterocycles. The van der Waals surface area contributed by atoms with Crippen LogP contribution in [-0.4, -0.2) is 22.9 Å². The van der Waals surface area contributed by atoms with E-state index >= 15 is 0 Å². The van der Waals surface area contributed by atoms with Crippen LogP contribution in [0.3, 0.4) is 0 Å². The van der Waals surface area contributed by atoms with Crippen molar-refractivity contribution in [2.75, 3.05) is 0 Å². The van der Waals surface area contributed by atoms with Gasteiger partial charge in [-0.15, -0.1) is 11.3 Å². The van der Waals surface area contributed by atoms with Crippen molar-refractivity contribution < 1.29 is 14.3 Å². The lowest BCUT2D eigenvalue weighted by molar-refractivity contribution is 0.0926. The van der Waals surface area contributed by atoms with Gasteiger partial charge in [0.05, 0.1) is 6.04 Å². The van der Waals surface area contributed by atoms with Gasteiger partial charge >= 0.3 is 6.09 Å². The number of rotatable bonds is 5. The Morgan fingerprint density at radius 3 is 2.75 bits per heavy atom. The molecule has 2 aromatic rings. The molecule has 0 spiro atoms. The number of ether oxygens (including phenoxy) is 1. The largest absolute Gasteiger partial charge is 0.445 e. The van der Waals surface area contributed by atoms with Crippen molar-refractivity contribution in [3.05, 3.63) is 52.5 Å². The van der Waals surface area contributed by atoms with E-state index in [0.29, 0.717) is 5.01 Å². The molecule has 1 heterocycles. The van der Waals surface area contributed by atoms with Gasteiger partial charge in [-0.25, -0.2) is 9.78 Å². The Balaban J connectivity index is 1.81. The molecule has 0 fully saturated rings. The van der Waals surface area contributed by atoms with Gasteiger partial charge in [0.1, 0.15) is 6.61 Å². The first-order valence-electron chi connectivity index (χ1n) is 6.07. The summed E-state index contributed by atoms with van der Waals surface area (Å²) in [6, 6.07) is 8.67. The fourth-order valence-corrected chi connectivity index (χ4v) is 2.20. The van der Waals surface area contributed by atoms with E-state index in [-0.39, 0.29) is 12.4 Å². The lowest BCUT2D eigenvalue weighted by Gasteiger charge is -2.11. The second-order valence-corrected chi connectivity index (χ2v) is 5.02. The molecular formula is C14H14N2O3S. The van der Waals surface area contributed by atoms with Crippen molar-refractivity contribution in [3.8, 4) is 0 Å². The third-order valence-corrected chi connectivity index (χ3v) is 3.37. The zero-order valence-corrected chi connectivity index (χ0v) is 11.7. The minimum absolute atomic E-state index is 0.171. The maximum Gasteiger partial charge on any atom is 0.408 e. The molecule has 0 saturated heterocycles. The van der Waals surface area contributed by atoms with E-state index < -0.39 is 12.1 Å². The molecule has 0 saturated carbocycles. The molecule has 1 unspecified atom stereocenters. The summed E-state index contributed by atoms with van der Waals surface area (Å²) in [7, 11) is 0. The predicted molar refractivity (Wildman–Crippen MR) is 75.7 cm³/mol. The van der Waals surface area contributed by atoms with Crippen molar-refractivity contribution in [3.63, 3.8) is 0 Å². The van der Waals surface area contributed by atoms with Gasteiger partial charge in [-0.3, -0.25) is 4.79 Å². The summed E-state index contributed by atoms with van der Waals surface area (Å²) >= 11 is 1.24. The Bertz CT molecular complexity index is 569. The smallest absolute Gasteiger partial charge is 0.408 e. The predicted octanol–water partition coefficient (Wildman–Crippen LogP) is 2.64. The second kappa shape index (κ2) is 6.81. The van der Waals surface area contributed by atoms with Gasteiger partial charge in [-0.1, -0.05) is 30.3 Å². The molecule has 1 aromatic carbocycles. The lowest BCUT2D eigenvalue weighted by atomic mass is 10.2. The van der Waals surface area contributed by atoms with E-state index in [9.17, 15) is 9.59 Å². The molecule has 5 nitrogen and oxygen atoms in total. The number of nitrogens with zero attached hydrogens (tertiary/aromatic N) is 1. The van der Waals surface area contributed by atoms with E-state index in [2.05, 4.69) is 10.3 Å². The molecule has 0 aliphatic carbocycles. The maximum absolute atomic E-state index is 11.9. The van der Waals surface area contributed by atoms with Crippen LogP contribution < -0.4 is 5.32 Å². The Kier molecular flexibility index (Phi) is 4.84. The molecule has 6 heteroatoms. The summed E-state index contributed by atoms with van der Waals surface area (Å²) in [5, 5.41) is 4.59. The van der Waals surface area contributed by atoms with Crippen molar-refractivity contribution in [2.24, 2.45) is 0 Å². The fraction of sp³-hybridized carbons (Fsp3) is 0.214. The van der Waals surface area contributed by atoms with Crippen LogP contribution in [0, 0.1) is 0 Å². The van der Waals surface area contributed by atoms with Crippen LogP contribution in [0.15, 0.2) is 41.9 Å². The molecule has 20 heavy (non-hydrogen) atoms. The molecule has 0 bridgehead atoms. The van der Waals surface area contributed by atoms with Crippen LogP contribution in [0.4, 0.5) is 4.79 Å². The average molecular weight is 290 g/mol. The zero-order chi connectivity index (χ0) is 14.4. The van der Waals surface area contributed by atoms with Gasteiger partial charge in [-0.2, -0.15) is 0 Å². The highest BCUT2D eigenvalue weighted by atomic mass is 32.1. The number of Topliss-reactive ketones (excluding diaryl/α,β-unsaturated/α-hetero) is 1. The monoisotopic (exact) mass is 290 g/mol. The van der Waals surface area contributed by atoms with Crippen LogP contribution >= 0.6 is 11.3 Å². The third-order valence-electron chi connectivity index (χ3n) is 2.58. The number of carbonyl (C=O) groups is 2. The van der Waals surface area contributed by atoms with E-state index in [4.69, 9.17) is 4.74 Å². The Morgan fingerprint density at radius 2 is 2.10 bits per heavy atom. The number of carbonyl (C=O) groups excluding carboxylic acids is 2. The number of alkyl carbamates (subject to hydrolysis) is 1. The van der Waals surface area contributed by atoms with Crippen LogP contribution in [0.5, 0.6) is 0 Å². The van der Waals surface area contributed by atoms with Crippen molar-refractivity contribution >= 4 is 23.2 Å². The van der Waals surface area contributed by atoms with E-state index in [1.54, 1.807) is 18.5 Å². The van der Waals surface area contributed by atoms with Gasteiger partial charge in [-0.05, 0) is 12.5 Å². The van der Waals surface area contributed by atoms with Crippen LogP contribution in [-0.2, 0) is 11.3 Å². The average Bonchev–Trinajstić information content (AvgIpc) is 2.99. The number of nitrogens with one attached hydrogen (secondary N) is 1. The number of hydrogen-bond donors (Lipinski definition) is 1. The molecular weight excluding hydrogens is 276 g/mol. The number of benzene rings is 1. The first kappa shape index (κ1) is 14.2. The van der Waals surface area contributed by atoms with Crippen molar-refractivity contribution in [2.45, 2.75) is 19.6 Å². The minimum Gasteiger partial charge on any atom is -0.445 e. The molecule has 0 aliphatic rings. The Labute approximate surface area is 120 Å². The highest BCUT2D eigenvalue weighted by molar-refractivity contribution is 7.11. The van der Waals surface area contributed by atoms with Crippen molar-refractivity contribution in [1.82, 2.24) is 10.3 Å².